The monoisotopic (exact) mass is 301 g/mol. The second-order valence-corrected chi connectivity index (χ2v) is 5.06. The summed E-state index contributed by atoms with van der Waals surface area (Å²) in [6, 6.07) is 7.38. The first-order valence-corrected chi connectivity index (χ1v) is 7.43. The molecule has 0 amide bonds. The Hall–Kier alpha value is -2.34. The summed E-state index contributed by atoms with van der Waals surface area (Å²) in [6.45, 7) is 4.26. The van der Waals surface area contributed by atoms with Gasteiger partial charge in [0, 0.05) is 12.1 Å². The number of nitrogens with zero attached hydrogens (tertiary/aromatic N) is 1. The molecule has 0 aliphatic carbocycles. The number of hydrogen-bond donors (Lipinski definition) is 2. The van der Waals surface area contributed by atoms with Crippen LogP contribution in [-0.4, -0.2) is 23.1 Å². The fourth-order valence-corrected chi connectivity index (χ4v) is 2.44. The van der Waals surface area contributed by atoms with Crippen LogP contribution in [0, 0.1) is 0 Å². The highest BCUT2D eigenvalue weighted by Crippen LogP contribution is 2.18. The summed E-state index contributed by atoms with van der Waals surface area (Å²) in [4.78, 5) is 19.3. The molecule has 0 unspecified atom stereocenters. The van der Waals surface area contributed by atoms with Crippen LogP contribution < -0.4 is 20.3 Å². The maximum atomic E-state index is 12.0. The van der Waals surface area contributed by atoms with Gasteiger partial charge in [-0.2, -0.15) is 0 Å². The van der Waals surface area contributed by atoms with Gasteiger partial charge in [-0.05, 0) is 44.2 Å². The van der Waals surface area contributed by atoms with Crippen molar-refractivity contribution in [1.29, 1.82) is 0 Å². The molecular formula is C16H19N3O3. The molecule has 0 radical (unpaired) electrons. The van der Waals surface area contributed by atoms with Crippen LogP contribution in [0.5, 0.6) is 11.5 Å². The number of H-pyrrole nitrogens is 1. The van der Waals surface area contributed by atoms with Crippen LogP contribution in [0.25, 0.3) is 0 Å². The van der Waals surface area contributed by atoms with E-state index in [1.54, 1.807) is 0 Å². The summed E-state index contributed by atoms with van der Waals surface area (Å²) < 4.78 is 11.0. The summed E-state index contributed by atoms with van der Waals surface area (Å²) in [6.07, 6.45) is 0.720. The Balaban J connectivity index is 1.68. The third-order valence-corrected chi connectivity index (χ3v) is 3.50. The summed E-state index contributed by atoms with van der Waals surface area (Å²) in [5.74, 6) is 2.06. The van der Waals surface area contributed by atoms with Crippen molar-refractivity contribution in [1.82, 2.24) is 15.3 Å². The number of fused-ring (bicyclic) bond motifs is 1. The lowest BCUT2D eigenvalue weighted by Crippen LogP contribution is -2.32. The zero-order valence-corrected chi connectivity index (χ0v) is 12.5. The normalized spacial score (nSPS) is 13.5. The van der Waals surface area contributed by atoms with Crippen LogP contribution in [0.4, 0.5) is 0 Å². The Morgan fingerprint density at radius 2 is 1.91 bits per heavy atom. The first-order valence-electron chi connectivity index (χ1n) is 7.43. The van der Waals surface area contributed by atoms with Gasteiger partial charge in [0.1, 0.15) is 23.9 Å². The summed E-state index contributed by atoms with van der Waals surface area (Å²) in [7, 11) is 0. The SMILES string of the molecule is CCOc1ccc(OCc2nc3c(c(=O)[nH]2)CCNC3)cc1. The van der Waals surface area contributed by atoms with Crippen LogP contribution in [0.3, 0.4) is 0 Å². The van der Waals surface area contributed by atoms with E-state index in [-0.39, 0.29) is 12.2 Å². The number of aromatic nitrogens is 2. The smallest absolute Gasteiger partial charge is 0.254 e. The minimum atomic E-state index is -0.0585. The highest BCUT2D eigenvalue weighted by molar-refractivity contribution is 5.31. The molecule has 116 valence electrons. The molecule has 1 aromatic heterocycles. The molecule has 1 aliphatic heterocycles. The van der Waals surface area contributed by atoms with Gasteiger partial charge in [0.05, 0.1) is 12.3 Å². The van der Waals surface area contributed by atoms with E-state index in [2.05, 4.69) is 15.3 Å². The molecule has 0 fully saturated rings. The van der Waals surface area contributed by atoms with Gasteiger partial charge in [0.15, 0.2) is 0 Å². The molecule has 0 saturated heterocycles. The molecule has 2 N–H and O–H groups in total. The Morgan fingerprint density at radius 3 is 2.64 bits per heavy atom. The van der Waals surface area contributed by atoms with Gasteiger partial charge >= 0.3 is 0 Å². The maximum absolute atomic E-state index is 12.0. The van der Waals surface area contributed by atoms with E-state index >= 15 is 0 Å². The highest BCUT2D eigenvalue weighted by Gasteiger charge is 2.15. The molecule has 1 aromatic carbocycles. The molecule has 0 spiro atoms. The lowest BCUT2D eigenvalue weighted by Gasteiger charge is -2.16. The Kier molecular flexibility index (Phi) is 4.39. The first kappa shape index (κ1) is 14.6. The van der Waals surface area contributed by atoms with Crippen LogP contribution in [0.2, 0.25) is 0 Å². The van der Waals surface area contributed by atoms with Crippen molar-refractivity contribution in [3.63, 3.8) is 0 Å². The summed E-state index contributed by atoms with van der Waals surface area (Å²) in [5.41, 5.74) is 1.54. The zero-order chi connectivity index (χ0) is 15.4. The molecule has 0 atom stereocenters. The molecule has 0 saturated carbocycles. The minimum absolute atomic E-state index is 0.0585. The highest BCUT2D eigenvalue weighted by atomic mass is 16.5. The van der Waals surface area contributed by atoms with E-state index in [1.165, 1.54) is 0 Å². The topological polar surface area (TPSA) is 76.2 Å². The molecule has 3 rings (SSSR count). The predicted octanol–water partition coefficient (Wildman–Crippen LogP) is 1.39. The lowest BCUT2D eigenvalue weighted by atomic mass is 10.1. The zero-order valence-electron chi connectivity index (χ0n) is 12.5. The quantitative estimate of drug-likeness (QED) is 0.873. The summed E-state index contributed by atoms with van der Waals surface area (Å²) in [5, 5.41) is 3.22. The van der Waals surface area contributed by atoms with Crippen molar-refractivity contribution in [3.05, 3.63) is 51.7 Å². The lowest BCUT2D eigenvalue weighted by molar-refractivity contribution is 0.293. The van der Waals surface area contributed by atoms with Crippen LogP contribution in [-0.2, 0) is 19.6 Å². The fraction of sp³-hybridized carbons (Fsp3) is 0.375. The van der Waals surface area contributed by atoms with E-state index in [1.807, 2.05) is 31.2 Å². The van der Waals surface area contributed by atoms with Crippen LogP contribution in [0.1, 0.15) is 24.0 Å². The van der Waals surface area contributed by atoms with Crippen LogP contribution >= 0.6 is 0 Å². The van der Waals surface area contributed by atoms with Gasteiger partial charge in [-0.25, -0.2) is 4.98 Å². The number of aromatic amines is 1. The van der Waals surface area contributed by atoms with Crippen molar-refractivity contribution in [2.45, 2.75) is 26.5 Å². The van der Waals surface area contributed by atoms with Gasteiger partial charge in [0.2, 0.25) is 0 Å². The first-order chi connectivity index (χ1) is 10.8. The molecule has 6 heteroatoms. The second kappa shape index (κ2) is 6.62. The van der Waals surface area contributed by atoms with E-state index in [0.717, 1.165) is 30.0 Å². The Morgan fingerprint density at radius 1 is 1.18 bits per heavy atom. The van der Waals surface area contributed by atoms with E-state index in [0.29, 0.717) is 24.7 Å². The van der Waals surface area contributed by atoms with E-state index in [9.17, 15) is 4.79 Å². The molecular weight excluding hydrogens is 282 g/mol. The number of hydrogen-bond acceptors (Lipinski definition) is 5. The van der Waals surface area contributed by atoms with Crippen molar-refractivity contribution in [2.75, 3.05) is 13.2 Å². The second-order valence-electron chi connectivity index (χ2n) is 5.06. The molecule has 0 bridgehead atoms. The minimum Gasteiger partial charge on any atom is -0.494 e. The number of nitrogens with one attached hydrogen (secondary N) is 2. The Bertz CT molecular complexity index is 695. The third-order valence-electron chi connectivity index (χ3n) is 3.50. The average molecular weight is 301 g/mol. The summed E-state index contributed by atoms with van der Waals surface area (Å²) >= 11 is 0. The number of benzene rings is 1. The van der Waals surface area contributed by atoms with Gasteiger partial charge in [-0.3, -0.25) is 4.79 Å². The molecule has 2 heterocycles. The van der Waals surface area contributed by atoms with Gasteiger partial charge in [-0.15, -0.1) is 0 Å². The Labute approximate surface area is 128 Å². The predicted molar refractivity (Wildman–Crippen MR) is 82.2 cm³/mol. The molecule has 22 heavy (non-hydrogen) atoms. The third kappa shape index (κ3) is 3.28. The molecule has 2 aromatic rings. The van der Waals surface area contributed by atoms with Crippen molar-refractivity contribution in [3.8, 4) is 11.5 Å². The average Bonchev–Trinajstić information content (AvgIpc) is 2.55. The molecule has 1 aliphatic rings. The van der Waals surface area contributed by atoms with Crippen molar-refractivity contribution in [2.24, 2.45) is 0 Å². The van der Waals surface area contributed by atoms with Gasteiger partial charge in [0.25, 0.3) is 5.56 Å². The van der Waals surface area contributed by atoms with E-state index in [4.69, 9.17) is 9.47 Å². The van der Waals surface area contributed by atoms with Gasteiger partial charge in [-0.1, -0.05) is 0 Å². The van der Waals surface area contributed by atoms with E-state index < -0.39 is 0 Å². The standard InChI is InChI=1S/C16H19N3O3/c1-2-21-11-3-5-12(6-4-11)22-10-15-18-14-9-17-8-7-13(14)16(20)19-15/h3-6,17H,2,7-10H2,1H3,(H,18,19,20). The number of ether oxygens (including phenoxy) is 2. The number of rotatable bonds is 5. The van der Waals surface area contributed by atoms with Gasteiger partial charge < -0.3 is 19.8 Å². The largest absolute Gasteiger partial charge is 0.494 e. The van der Waals surface area contributed by atoms with Crippen molar-refractivity contribution >= 4 is 0 Å². The molecule has 6 nitrogen and oxygen atoms in total. The fourth-order valence-electron chi connectivity index (χ4n) is 2.44. The van der Waals surface area contributed by atoms with Crippen LogP contribution in [0.15, 0.2) is 29.1 Å². The van der Waals surface area contributed by atoms with Crippen molar-refractivity contribution < 1.29 is 9.47 Å². The maximum Gasteiger partial charge on any atom is 0.254 e.